The van der Waals surface area contributed by atoms with Crippen LogP contribution in [0.4, 0.5) is 13.2 Å². The van der Waals surface area contributed by atoms with Gasteiger partial charge >= 0.3 is 18.1 Å². The van der Waals surface area contributed by atoms with Crippen molar-refractivity contribution in [3.8, 4) is 5.75 Å². The molecule has 0 aromatic heterocycles. The molecular formula is C20H20F3NO6S. The first kappa shape index (κ1) is 24.2. The minimum absolute atomic E-state index is 0.0373. The van der Waals surface area contributed by atoms with Crippen LogP contribution >= 0.6 is 0 Å². The Balaban J connectivity index is 2.18. The molecule has 2 aromatic rings. The average molecular weight is 459 g/mol. The lowest BCUT2D eigenvalue weighted by molar-refractivity contribution is -0.173. The first-order chi connectivity index (χ1) is 14.5. The molecule has 2 aromatic carbocycles. The van der Waals surface area contributed by atoms with Crippen molar-refractivity contribution in [3.63, 3.8) is 0 Å². The summed E-state index contributed by atoms with van der Waals surface area (Å²) >= 11 is 0. The van der Waals surface area contributed by atoms with Gasteiger partial charge in [-0.15, -0.1) is 0 Å². The number of benzene rings is 2. The summed E-state index contributed by atoms with van der Waals surface area (Å²) in [6.07, 6.45) is -5.04. The second-order valence-corrected chi connectivity index (χ2v) is 8.33. The summed E-state index contributed by atoms with van der Waals surface area (Å²) < 4.78 is 72.1. The first-order valence-corrected chi connectivity index (χ1v) is 10.4. The van der Waals surface area contributed by atoms with Gasteiger partial charge in [0.1, 0.15) is 5.75 Å². The van der Waals surface area contributed by atoms with Crippen molar-refractivity contribution in [1.82, 2.24) is 5.32 Å². The van der Waals surface area contributed by atoms with E-state index in [1.165, 1.54) is 56.7 Å². The van der Waals surface area contributed by atoms with Crippen LogP contribution in [0.5, 0.6) is 5.75 Å². The van der Waals surface area contributed by atoms with E-state index < -0.39 is 27.9 Å². The molecule has 11 heteroatoms. The summed E-state index contributed by atoms with van der Waals surface area (Å²) in [5, 5.41) is 1.75. The van der Waals surface area contributed by atoms with E-state index >= 15 is 0 Å². The number of alkyl halides is 3. The molecule has 0 bridgehead atoms. The van der Waals surface area contributed by atoms with E-state index in [4.69, 9.17) is 4.74 Å². The fourth-order valence-electron chi connectivity index (χ4n) is 2.68. The van der Waals surface area contributed by atoms with Crippen LogP contribution in [-0.2, 0) is 37.0 Å². The predicted molar refractivity (Wildman–Crippen MR) is 103 cm³/mol. The third-order valence-electron chi connectivity index (χ3n) is 4.31. The summed E-state index contributed by atoms with van der Waals surface area (Å²) in [4.78, 5) is 22.3. The molecule has 1 amide bonds. The van der Waals surface area contributed by atoms with Gasteiger partial charge in [0.25, 0.3) is 0 Å². The van der Waals surface area contributed by atoms with E-state index in [-0.39, 0.29) is 29.2 Å². The Labute approximate surface area is 177 Å². The molecular weight excluding hydrogens is 439 g/mol. The van der Waals surface area contributed by atoms with Crippen molar-refractivity contribution in [2.24, 2.45) is 0 Å². The number of hydrogen-bond acceptors (Lipinski definition) is 6. The van der Waals surface area contributed by atoms with Crippen molar-refractivity contribution >= 4 is 21.7 Å². The Morgan fingerprint density at radius 1 is 1.00 bits per heavy atom. The molecule has 0 aliphatic rings. The van der Waals surface area contributed by atoms with E-state index in [9.17, 15) is 31.2 Å². The van der Waals surface area contributed by atoms with Crippen molar-refractivity contribution in [1.29, 1.82) is 0 Å². The van der Waals surface area contributed by atoms with Crippen molar-refractivity contribution in [3.05, 3.63) is 53.6 Å². The number of amides is 1. The lowest BCUT2D eigenvalue weighted by atomic mass is 10.1. The Morgan fingerprint density at radius 2 is 1.61 bits per heavy atom. The molecule has 0 heterocycles. The van der Waals surface area contributed by atoms with Gasteiger partial charge in [-0.05, 0) is 42.3 Å². The Bertz CT molecular complexity index is 1050. The van der Waals surface area contributed by atoms with E-state index in [1.54, 1.807) is 5.32 Å². The number of esters is 1. The van der Waals surface area contributed by atoms with Gasteiger partial charge in [-0.3, -0.25) is 9.59 Å². The molecule has 0 aliphatic heterocycles. The summed E-state index contributed by atoms with van der Waals surface area (Å²) in [6, 6.07) is 9.64. The van der Waals surface area contributed by atoms with Crippen molar-refractivity contribution < 1.29 is 40.7 Å². The van der Waals surface area contributed by atoms with Crippen LogP contribution in [0.3, 0.4) is 0 Å². The Hall–Kier alpha value is -3.08. The predicted octanol–water partition coefficient (Wildman–Crippen LogP) is 2.46. The molecule has 7 nitrogen and oxygen atoms in total. The topological polar surface area (TPSA) is 98.8 Å². The van der Waals surface area contributed by atoms with Gasteiger partial charge in [0.15, 0.2) is 0 Å². The Morgan fingerprint density at radius 3 is 2.16 bits per heavy atom. The molecule has 0 fully saturated rings. The number of rotatable bonds is 8. The van der Waals surface area contributed by atoms with Gasteiger partial charge in [-0.1, -0.05) is 12.1 Å². The highest BCUT2D eigenvalue weighted by Gasteiger charge is 2.38. The molecule has 0 saturated heterocycles. The maximum absolute atomic E-state index is 12.9. The van der Waals surface area contributed by atoms with Crippen molar-refractivity contribution in [2.75, 3.05) is 20.8 Å². The summed E-state index contributed by atoms with van der Waals surface area (Å²) in [7, 11) is -1.32. The van der Waals surface area contributed by atoms with Crippen LogP contribution in [-0.4, -0.2) is 47.2 Å². The van der Waals surface area contributed by atoms with Crippen molar-refractivity contribution in [2.45, 2.75) is 28.8 Å². The van der Waals surface area contributed by atoms with E-state index in [1.807, 2.05) is 0 Å². The third kappa shape index (κ3) is 6.20. The van der Waals surface area contributed by atoms with Gasteiger partial charge in [0.2, 0.25) is 9.84 Å². The second kappa shape index (κ2) is 9.82. The number of sulfone groups is 1. The lowest BCUT2D eigenvalue weighted by Gasteiger charge is -2.11. The van der Waals surface area contributed by atoms with Crippen LogP contribution in [0.15, 0.2) is 52.3 Å². The van der Waals surface area contributed by atoms with E-state index in [0.29, 0.717) is 16.9 Å². The van der Waals surface area contributed by atoms with Gasteiger partial charge in [0.05, 0.1) is 30.4 Å². The standard InChI is InChI=1S/C20H20F3NO6S/c1-29-17-8-7-16(11-14(17)12-18(25)30-2)31(27,28)15-5-3-13(4-6-15)9-10-24-19(26)20(21,22)23/h3-8,11H,9-10,12H2,1-2H3,(H,24,26). The fraction of sp³-hybridized carbons (Fsp3) is 0.300. The minimum atomic E-state index is -4.96. The number of ether oxygens (including phenoxy) is 2. The van der Waals surface area contributed by atoms with Gasteiger partial charge < -0.3 is 14.8 Å². The smallest absolute Gasteiger partial charge is 0.471 e. The van der Waals surface area contributed by atoms with Gasteiger partial charge in [-0.2, -0.15) is 13.2 Å². The highest BCUT2D eigenvalue weighted by atomic mass is 32.2. The highest BCUT2D eigenvalue weighted by Crippen LogP contribution is 2.27. The Kier molecular flexibility index (Phi) is 7.66. The van der Waals surface area contributed by atoms with E-state index in [2.05, 4.69) is 4.74 Å². The number of nitrogens with one attached hydrogen (secondary N) is 1. The third-order valence-corrected chi connectivity index (χ3v) is 6.08. The summed E-state index contributed by atoms with van der Waals surface area (Å²) in [5.41, 5.74) is 0.884. The molecule has 0 atom stereocenters. The zero-order valence-corrected chi connectivity index (χ0v) is 17.5. The molecule has 2 rings (SSSR count). The summed E-state index contributed by atoms with van der Waals surface area (Å²) in [5.74, 6) is -2.26. The fourth-order valence-corrected chi connectivity index (χ4v) is 3.99. The van der Waals surface area contributed by atoms with Gasteiger partial charge in [-0.25, -0.2) is 8.42 Å². The number of methoxy groups -OCH3 is 2. The molecule has 0 spiro atoms. The maximum atomic E-state index is 12.9. The minimum Gasteiger partial charge on any atom is -0.496 e. The quantitative estimate of drug-likeness (QED) is 0.609. The average Bonchev–Trinajstić information content (AvgIpc) is 2.73. The lowest BCUT2D eigenvalue weighted by Crippen LogP contribution is -2.37. The second-order valence-electron chi connectivity index (χ2n) is 6.38. The van der Waals surface area contributed by atoms with Crippen LogP contribution in [0.1, 0.15) is 11.1 Å². The number of halogens is 3. The summed E-state index contributed by atoms with van der Waals surface area (Å²) in [6.45, 7) is -0.250. The van der Waals surface area contributed by atoms with E-state index in [0.717, 1.165) is 0 Å². The highest BCUT2D eigenvalue weighted by molar-refractivity contribution is 7.91. The maximum Gasteiger partial charge on any atom is 0.471 e. The van der Waals surface area contributed by atoms with Crippen LogP contribution in [0.2, 0.25) is 0 Å². The number of carbonyl (C=O) groups excluding carboxylic acids is 2. The molecule has 1 N–H and O–H groups in total. The molecule has 0 aliphatic carbocycles. The molecule has 31 heavy (non-hydrogen) atoms. The zero-order valence-electron chi connectivity index (χ0n) is 16.7. The number of carbonyl (C=O) groups is 2. The van der Waals surface area contributed by atoms with Crippen LogP contribution < -0.4 is 10.1 Å². The normalized spacial score (nSPS) is 11.6. The molecule has 0 unspecified atom stereocenters. The van der Waals surface area contributed by atoms with Gasteiger partial charge in [0, 0.05) is 12.1 Å². The zero-order chi connectivity index (χ0) is 23.2. The van der Waals surface area contributed by atoms with Crippen LogP contribution in [0.25, 0.3) is 0 Å². The SMILES string of the molecule is COC(=O)Cc1cc(S(=O)(=O)c2ccc(CCNC(=O)C(F)(F)F)cc2)ccc1OC. The molecule has 168 valence electrons. The number of hydrogen-bond donors (Lipinski definition) is 1. The largest absolute Gasteiger partial charge is 0.496 e. The first-order valence-electron chi connectivity index (χ1n) is 8.92. The molecule has 0 saturated carbocycles. The monoisotopic (exact) mass is 459 g/mol. The molecule has 0 radical (unpaired) electrons. The van der Waals surface area contributed by atoms with Crippen LogP contribution in [0, 0.1) is 0 Å².